The maximum absolute atomic E-state index is 10.5. The summed E-state index contributed by atoms with van der Waals surface area (Å²) in [4.78, 5) is 2.29. The van der Waals surface area contributed by atoms with Crippen molar-refractivity contribution in [3.05, 3.63) is 65.7 Å². The molecule has 26 heavy (non-hydrogen) atoms. The van der Waals surface area contributed by atoms with Gasteiger partial charge in [0.15, 0.2) is 0 Å². The Balaban J connectivity index is 1.57. The number of hydrogen-bond donors (Lipinski definition) is 1. The largest absolute Gasteiger partial charge is 0.491 e. The molecule has 0 spiro atoms. The van der Waals surface area contributed by atoms with Crippen LogP contribution in [0.1, 0.15) is 24.0 Å². The zero-order valence-corrected chi connectivity index (χ0v) is 15.5. The van der Waals surface area contributed by atoms with Crippen molar-refractivity contribution in [2.24, 2.45) is 0 Å². The fourth-order valence-electron chi connectivity index (χ4n) is 3.37. The Bertz CT molecular complexity index is 655. The Morgan fingerprint density at radius 1 is 1.15 bits per heavy atom. The van der Waals surface area contributed by atoms with Gasteiger partial charge in [0.05, 0.1) is 6.10 Å². The molecule has 1 aliphatic rings. The molecule has 1 N–H and O–H groups in total. The number of nitrogens with zero attached hydrogens (tertiary/aromatic N) is 1. The Kier molecular flexibility index (Phi) is 7.06. The van der Waals surface area contributed by atoms with Gasteiger partial charge in [-0.1, -0.05) is 42.5 Å². The van der Waals surface area contributed by atoms with Gasteiger partial charge in [0, 0.05) is 26.2 Å². The van der Waals surface area contributed by atoms with Crippen LogP contribution in [-0.2, 0) is 11.3 Å². The van der Waals surface area contributed by atoms with Crippen LogP contribution in [0.4, 0.5) is 0 Å². The summed E-state index contributed by atoms with van der Waals surface area (Å²) < 4.78 is 11.5. The van der Waals surface area contributed by atoms with Crippen LogP contribution in [0.3, 0.4) is 0 Å². The first-order valence-electron chi connectivity index (χ1n) is 9.45. The normalized spacial score (nSPS) is 18.2. The number of aliphatic hydroxyl groups is 1. The van der Waals surface area contributed by atoms with Crippen molar-refractivity contribution < 1.29 is 14.6 Å². The minimum Gasteiger partial charge on any atom is -0.491 e. The highest BCUT2D eigenvalue weighted by atomic mass is 16.5. The minimum atomic E-state index is -0.541. The number of aryl methyl sites for hydroxylation is 1. The highest BCUT2D eigenvalue weighted by Gasteiger charge is 2.21. The zero-order chi connectivity index (χ0) is 18.2. The molecular weight excluding hydrogens is 326 g/mol. The molecule has 2 aromatic carbocycles. The van der Waals surface area contributed by atoms with Gasteiger partial charge in [-0.3, -0.25) is 4.90 Å². The van der Waals surface area contributed by atoms with E-state index < -0.39 is 6.10 Å². The van der Waals surface area contributed by atoms with E-state index in [4.69, 9.17) is 9.47 Å². The van der Waals surface area contributed by atoms with Crippen LogP contribution in [0, 0.1) is 6.92 Å². The molecule has 2 aromatic rings. The SMILES string of the molecule is Cc1ccccc1CN(CC(O)COc1ccccc1)CC1CCCO1. The second-order valence-corrected chi connectivity index (χ2v) is 7.03. The molecule has 0 aromatic heterocycles. The smallest absolute Gasteiger partial charge is 0.119 e. The number of para-hydroxylation sites is 1. The standard InChI is InChI=1S/C22H29NO3/c1-18-8-5-6-9-19(18)14-23(16-22-12-7-13-25-22)15-20(24)17-26-21-10-3-2-4-11-21/h2-6,8-11,20,22,24H,7,12-17H2,1H3. The third kappa shape index (κ3) is 5.84. The van der Waals surface area contributed by atoms with Gasteiger partial charge < -0.3 is 14.6 Å². The number of hydrogen-bond acceptors (Lipinski definition) is 4. The molecule has 1 heterocycles. The summed E-state index contributed by atoms with van der Waals surface area (Å²) >= 11 is 0. The van der Waals surface area contributed by atoms with Crippen LogP contribution in [-0.4, -0.2) is 48.5 Å². The lowest BCUT2D eigenvalue weighted by atomic mass is 10.1. The lowest BCUT2D eigenvalue weighted by Crippen LogP contribution is -2.39. The molecule has 1 saturated heterocycles. The van der Waals surface area contributed by atoms with Crippen LogP contribution in [0.15, 0.2) is 54.6 Å². The van der Waals surface area contributed by atoms with Crippen LogP contribution in [0.25, 0.3) is 0 Å². The van der Waals surface area contributed by atoms with Crippen LogP contribution >= 0.6 is 0 Å². The van der Waals surface area contributed by atoms with Gasteiger partial charge in [-0.05, 0) is 43.0 Å². The van der Waals surface area contributed by atoms with E-state index >= 15 is 0 Å². The fraction of sp³-hybridized carbons (Fsp3) is 0.455. The number of aliphatic hydroxyl groups excluding tert-OH is 1. The zero-order valence-electron chi connectivity index (χ0n) is 15.5. The monoisotopic (exact) mass is 355 g/mol. The Hall–Kier alpha value is -1.88. The van der Waals surface area contributed by atoms with Crippen molar-refractivity contribution >= 4 is 0 Å². The predicted octanol–water partition coefficient (Wildman–Crippen LogP) is 3.42. The summed E-state index contributed by atoms with van der Waals surface area (Å²) in [6, 6.07) is 18.1. The lowest BCUT2D eigenvalue weighted by Gasteiger charge is -2.28. The van der Waals surface area contributed by atoms with Crippen molar-refractivity contribution in [2.75, 3.05) is 26.3 Å². The van der Waals surface area contributed by atoms with Crippen molar-refractivity contribution in [1.29, 1.82) is 0 Å². The van der Waals surface area contributed by atoms with Gasteiger partial charge >= 0.3 is 0 Å². The van der Waals surface area contributed by atoms with E-state index in [0.717, 1.165) is 38.3 Å². The van der Waals surface area contributed by atoms with Crippen LogP contribution < -0.4 is 4.74 Å². The summed E-state index contributed by atoms with van der Waals surface area (Å²) in [5, 5.41) is 10.5. The van der Waals surface area contributed by atoms with Gasteiger partial charge in [0.25, 0.3) is 0 Å². The van der Waals surface area contributed by atoms with Gasteiger partial charge in [-0.2, -0.15) is 0 Å². The molecule has 0 bridgehead atoms. The molecule has 0 amide bonds. The predicted molar refractivity (Wildman–Crippen MR) is 103 cm³/mol. The first-order valence-corrected chi connectivity index (χ1v) is 9.45. The molecule has 4 nitrogen and oxygen atoms in total. The second-order valence-electron chi connectivity index (χ2n) is 7.03. The molecule has 2 atom stereocenters. The second kappa shape index (κ2) is 9.72. The van der Waals surface area contributed by atoms with Crippen molar-refractivity contribution in [3.63, 3.8) is 0 Å². The van der Waals surface area contributed by atoms with Crippen LogP contribution in [0.2, 0.25) is 0 Å². The first-order chi connectivity index (χ1) is 12.7. The molecule has 1 aliphatic heterocycles. The molecule has 3 rings (SSSR count). The summed E-state index contributed by atoms with van der Waals surface area (Å²) in [5.41, 5.74) is 2.57. The van der Waals surface area contributed by atoms with E-state index in [9.17, 15) is 5.11 Å². The third-order valence-electron chi connectivity index (χ3n) is 4.80. The lowest BCUT2D eigenvalue weighted by molar-refractivity contribution is 0.0313. The Labute approximate surface area is 156 Å². The maximum atomic E-state index is 10.5. The van der Waals surface area contributed by atoms with Gasteiger partial charge in [0.1, 0.15) is 18.5 Å². The maximum Gasteiger partial charge on any atom is 0.119 e. The number of ether oxygens (including phenoxy) is 2. The van der Waals surface area contributed by atoms with Crippen LogP contribution in [0.5, 0.6) is 5.75 Å². The average Bonchev–Trinajstić information content (AvgIpc) is 3.16. The quantitative estimate of drug-likeness (QED) is 0.748. The van der Waals surface area contributed by atoms with Gasteiger partial charge in [0.2, 0.25) is 0 Å². The molecular formula is C22H29NO3. The van der Waals surface area contributed by atoms with E-state index in [-0.39, 0.29) is 6.10 Å². The number of benzene rings is 2. The van der Waals surface area contributed by atoms with E-state index in [1.54, 1.807) is 0 Å². The molecule has 0 saturated carbocycles. The highest BCUT2D eigenvalue weighted by molar-refractivity contribution is 5.25. The van der Waals surface area contributed by atoms with E-state index in [1.165, 1.54) is 11.1 Å². The van der Waals surface area contributed by atoms with E-state index in [1.807, 2.05) is 30.3 Å². The van der Waals surface area contributed by atoms with E-state index in [0.29, 0.717) is 13.2 Å². The third-order valence-corrected chi connectivity index (χ3v) is 4.80. The molecule has 0 aliphatic carbocycles. The molecule has 4 heteroatoms. The Morgan fingerprint density at radius 2 is 1.92 bits per heavy atom. The van der Waals surface area contributed by atoms with Crippen molar-refractivity contribution in [3.8, 4) is 5.75 Å². The van der Waals surface area contributed by atoms with Crippen molar-refractivity contribution in [1.82, 2.24) is 4.90 Å². The van der Waals surface area contributed by atoms with Gasteiger partial charge in [-0.25, -0.2) is 0 Å². The first kappa shape index (κ1) is 18.9. The molecule has 140 valence electrons. The molecule has 2 unspecified atom stereocenters. The van der Waals surface area contributed by atoms with Crippen molar-refractivity contribution in [2.45, 2.75) is 38.5 Å². The summed E-state index contributed by atoms with van der Waals surface area (Å²) in [5.74, 6) is 0.788. The average molecular weight is 355 g/mol. The molecule has 1 fully saturated rings. The summed E-state index contributed by atoms with van der Waals surface area (Å²) in [6.45, 7) is 5.50. The highest BCUT2D eigenvalue weighted by Crippen LogP contribution is 2.17. The topological polar surface area (TPSA) is 41.9 Å². The minimum absolute atomic E-state index is 0.265. The number of rotatable bonds is 9. The van der Waals surface area contributed by atoms with E-state index in [2.05, 4.69) is 36.1 Å². The molecule has 0 radical (unpaired) electrons. The Morgan fingerprint density at radius 3 is 2.65 bits per heavy atom. The summed E-state index contributed by atoms with van der Waals surface area (Å²) in [6.07, 6.45) is 1.95. The summed E-state index contributed by atoms with van der Waals surface area (Å²) in [7, 11) is 0. The van der Waals surface area contributed by atoms with Gasteiger partial charge in [-0.15, -0.1) is 0 Å². The fourth-order valence-corrected chi connectivity index (χ4v) is 3.37.